The van der Waals surface area contributed by atoms with Crippen LogP contribution in [-0.4, -0.2) is 11.1 Å². The molecule has 0 spiro atoms. The Bertz CT molecular complexity index is 397. The number of hydrogen-bond donors (Lipinski definition) is 0. The number of benzene rings is 1. The molecule has 0 radical (unpaired) electrons. The highest BCUT2D eigenvalue weighted by molar-refractivity contribution is 9.10. The third-order valence-electron chi connectivity index (χ3n) is 1.65. The second kappa shape index (κ2) is 4.42. The van der Waals surface area contributed by atoms with Crippen molar-refractivity contribution in [3.63, 3.8) is 0 Å². The fourth-order valence-corrected chi connectivity index (χ4v) is 1.39. The average Bonchev–Trinajstić information content (AvgIpc) is 2.10. The molecule has 0 heterocycles. The minimum atomic E-state index is -0.353. The van der Waals surface area contributed by atoms with Gasteiger partial charge in [-0.05, 0) is 36.8 Å². The van der Waals surface area contributed by atoms with E-state index in [1.807, 2.05) is 13.0 Å². The maximum atomic E-state index is 11.3. The van der Waals surface area contributed by atoms with Gasteiger partial charge in [0.1, 0.15) is 0 Å². The van der Waals surface area contributed by atoms with Crippen LogP contribution < -0.4 is 0 Å². The number of aliphatic imine (C=N–C) groups is 1. The summed E-state index contributed by atoms with van der Waals surface area (Å²) in [5.74, 6) is -0.353. The molecule has 0 aliphatic carbocycles. The van der Waals surface area contributed by atoms with E-state index in [0.717, 1.165) is 10.0 Å². The van der Waals surface area contributed by atoms with Crippen molar-refractivity contribution in [1.82, 2.24) is 0 Å². The van der Waals surface area contributed by atoms with Crippen molar-refractivity contribution in [2.75, 3.05) is 0 Å². The maximum absolute atomic E-state index is 11.3. The van der Waals surface area contributed by atoms with Crippen LogP contribution in [0.3, 0.4) is 0 Å². The van der Waals surface area contributed by atoms with Crippen molar-refractivity contribution < 1.29 is 4.79 Å². The van der Waals surface area contributed by atoms with Crippen LogP contribution in [0.4, 0.5) is 0 Å². The average molecular weight is 256 g/mol. The Balaban J connectivity index is 3.22. The fraction of sp³-hybridized carbons (Fsp3) is 0.111. The van der Waals surface area contributed by atoms with E-state index in [9.17, 15) is 4.79 Å². The lowest BCUT2D eigenvalue weighted by atomic mass is 10.1. The van der Waals surface area contributed by atoms with Gasteiger partial charge < -0.3 is 0 Å². The first kappa shape index (κ1) is 10.3. The lowest BCUT2D eigenvalue weighted by Gasteiger charge is -2.01. The largest absolute Gasteiger partial charge is 0.286 e. The molecule has 1 rings (SSSR count). The Morgan fingerprint density at radius 1 is 1.62 bits per heavy atom. The summed E-state index contributed by atoms with van der Waals surface area (Å²) in [6.07, 6.45) is 0. The van der Waals surface area contributed by atoms with Gasteiger partial charge in [-0.2, -0.15) is 4.99 Å². The molecule has 0 fully saturated rings. The van der Waals surface area contributed by atoms with Gasteiger partial charge in [0.05, 0.1) is 5.16 Å². The van der Waals surface area contributed by atoms with Crippen LogP contribution in [0.5, 0.6) is 0 Å². The van der Waals surface area contributed by atoms with E-state index in [1.54, 1.807) is 12.1 Å². The van der Waals surface area contributed by atoms with E-state index in [-0.39, 0.29) is 5.91 Å². The normalized spacial score (nSPS) is 9.08. The predicted octanol–water partition coefficient (Wildman–Crippen LogP) is 3.00. The minimum Gasteiger partial charge on any atom is -0.266 e. The molecule has 1 amide bonds. The van der Waals surface area contributed by atoms with Crippen LogP contribution in [0.25, 0.3) is 0 Å². The van der Waals surface area contributed by atoms with E-state index < -0.39 is 0 Å². The van der Waals surface area contributed by atoms with Gasteiger partial charge in [0.25, 0.3) is 5.91 Å². The molecule has 0 bridgehead atoms. The van der Waals surface area contributed by atoms with Gasteiger partial charge in [-0.3, -0.25) is 4.79 Å². The van der Waals surface area contributed by atoms with Gasteiger partial charge in [-0.15, -0.1) is 0 Å². The molecule has 66 valence electrons. The van der Waals surface area contributed by atoms with Crippen LogP contribution in [0.15, 0.2) is 27.7 Å². The van der Waals surface area contributed by atoms with Crippen LogP contribution in [0, 0.1) is 6.92 Å². The summed E-state index contributed by atoms with van der Waals surface area (Å²) in [5.41, 5.74) is 1.41. The van der Waals surface area contributed by atoms with Crippen molar-refractivity contribution in [2.24, 2.45) is 4.99 Å². The third kappa shape index (κ3) is 2.31. The third-order valence-corrected chi connectivity index (χ3v) is 2.60. The zero-order valence-electron chi connectivity index (χ0n) is 6.87. The summed E-state index contributed by atoms with van der Waals surface area (Å²) in [6, 6.07) is 5.36. The Hall–Kier alpha value is -0.830. The molecule has 0 atom stereocenters. The Morgan fingerprint density at radius 2 is 2.31 bits per heavy atom. The van der Waals surface area contributed by atoms with Gasteiger partial charge in [-0.25, -0.2) is 0 Å². The van der Waals surface area contributed by atoms with E-state index in [4.69, 9.17) is 0 Å². The van der Waals surface area contributed by atoms with Crippen LogP contribution >= 0.6 is 28.1 Å². The first-order valence-electron chi connectivity index (χ1n) is 3.54. The number of isothiocyanates is 1. The zero-order valence-corrected chi connectivity index (χ0v) is 9.28. The maximum Gasteiger partial charge on any atom is 0.286 e. The van der Waals surface area contributed by atoms with Crippen LogP contribution in [0.1, 0.15) is 15.9 Å². The lowest BCUT2D eigenvalue weighted by Crippen LogP contribution is -1.97. The van der Waals surface area contributed by atoms with Crippen LogP contribution in [-0.2, 0) is 0 Å². The van der Waals surface area contributed by atoms with Gasteiger partial charge in [0, 0.05) is 10.0 Å². The molecule has 1 aromatic carbocycles. The number of halogens is 1. The summed E-state index contributed by atoms with van der Waals surface area (Å²) in [6.45, 7) is 1.84. The molecule has 2 nitrogen and oxygen atoms in total. The molecule has 1 aromatic rings. The summed E-state index contributed by atoms with van der Waals surface area (Å²) < 4.78 is 0.887. The number of nitrogens with zero attached hydrogens (tertiary/aromatic N) is 1. The number of carbonyl (C=O) groups excluding carboxylic acids is 1. The topological polar surface area (TPSA) is 29.4 Å². The molecule has 0 aliphatic rings. The summed E-state index contributed by atoms with van der Waals surface area (Å²) >= 11 is 7.68. The number of rotatable bonds is 1. The molecular formula is C9H6BrNOS. The van der Waals surface area contributed by atoms with E-state index in [1.165, 1.54) is 0 Å². The molecule has 0 aliphatic heterocycles. The van der Waals surface area contributed by atoms with Crippen molar-refractivity contribution in [3.8, 4) is 0 Å². The smallest absolute Gasteiger partial charge is 0.266 e. The van der Waals surface area contributed by atoms with Crippen molar-refractivity contribution in [2.45, 2.75) is 6.92 Å². The number of amides is 1. The second-order valence-corrected chi connectivity index (χ2v) is 3.46. The van der Waals surface area contributed by atoms with E-state index in [0.29, 0.717) is 5.56 Å². The second-order valence-electron chi connectivity index (χ2n) is 2.42. The molecule has 0 unspecified atom stereocenters. The highest BCUT2D eigenvalue weighted by atomic mass is 79.9. The van der Waals surface area contributed by atoms with Gasteiger partial charge in [0.2, 0.25) is 0 Å². The molecule has 13 heavy (non-hydrogen) atoms. The molecule has 4 heteroatoms. The standard InChI is InChI=1S/C9H6BrNOS/c1-6-7(9(12)11-5-13)3-2-4-8(6)10/h2-4H,1H3. The lowest BCUT2D eigenvalue weighted by molar-refractivity contribution is 0.100. The molecule has 0 saturated carbocycles. The van der Waals surface area contributed by atoms with E-state index >= 15 is 0 Å². The quantitative estimate of drug-likeness (QED) is 0.571. The summed E-state index contributed by atoms with van der Waals surface area (Å²) in [5, 5.41) is 2.06. The Morgan fingerprint density at radius 3 is 2.92 bits per heavy atom. The molecular weight excluding hydrogens is 250 g/mol. The molecule has 0 N–H and O–H groups in total. The number of hydrogen-bond acceptors (Lipinski definition) is 2. The Kier molecular flexibility index (Phi) is 3.48. The van der Waals surface area contributed by atoms with Gasteiger partial charge in [0.15, 0.2) is 0 Å². The number of carbonyl (C=O) groups is 1. The predicted molar refractivity (Wildman–Crippen MR) is 58.2 cm³/mol. The van der Waals surface area contributed by atoms with Crippen molar-refractivity contribution in [3.05, 3.63) is 33.8 Å². The van der Waals surface area contributed by atoms with E-state index in [2.05, 4.69) is 38.3 Å². The fourth-order valence-electron chi connectivity index (χ4n) is 0.941. The molecule has 0 saturated heterocycles. The zero-order chi connectivity index (χ0) is 9.84. The Labute approximate surface area is 89.8 Å². The van der Waals surface area contributed by atoms with Crippen molar-refractivity contribution >= 4 is 39.2 Å². The molecule has 0 aromatic heterocycles. The van der Waals surface area contributed by atoms with Crippen LogP contribution in [0.2, 0.25) is 0 Å². The monoisotopic (exact) mass is 255 g/mol. The first-order valence-corrected chi connectivity index (χ1v) is 4.74. The SMILES string of the molecule is Cc1c(Br)cccc1C(=O)N=C=S. The summed E-state index contributed by atoms with van der Waals surface area (Å²) in [4.78, 5) is 14.7. The summed E-state index contributed by atoms with van der Waals surface area (Å²) in [7, 11) is 0. The first-order chi connectivity index (χ1) is 6.16. The van der Waals surface area contributed by atoms with Gasteiger partial charge in [-0.1, -0.05) is 22.0 Å². The highest BCUT2D eigenvalue weighted by Crippen LogP contribution is 2.19. The minimum absolute atomic E-state index is 0.353. The number of thiocarbonyl (C=S) groups is 1. The van der Waals surface area contributed by atoms with Gasteiger partial charge >= 0.3 is 0 Å². The highest BCUT2D eigenvalue weighted by Gasteiger charge is 2.08. The van der Waals surface area contributed by atoms with Crippen molar-refractivity contribution in [1.29, 1.82) is 0 Å².